The number of rotatable bonds is 7. The smallest absolute Gasteiger partial charge is 0.303 e. The summed E-state index contributed by atoms with van der Waals surface area (Å²) >= 11 is 11.9. The number of aliphatic carboxylic acids is 1. The summed E-state index contributed by atoms with van der Waals surface area (Å²) in [5, 5.41) is 12.5. The van der Waals surface area contributed by atoms with Gasteiger partial charge in [0.15, 0.2) is 0 Å². The lowest BCUT2D eigenvalue weighted by atomic mass is 10.00. The summed E-state index contributed by atoms with van der Waals surface area (Å²) in [6.45, 7) is 3.95. The molecular formula is C15H19Cl2NO3. The number of carbonyl (C=O) groups is 2. The summed E-state index contributed by atoms with van der Waals surface area (Å²) < 4.78 is 0. The van der Waals surface area contributed by atoms with Crippen LogP contribution in [0, 0.1) is 11.8 Å². The third-order valence-corrected chi connectivity index (χ3v) is 3.72. The average Bonchev–Trinajstić information content (AvgIpc) is 2.38. The Balaban J connectivity index is 2.49. The first-order valence-electron chi connectivity index (χ1n) is 6.73. The molecule has 0 aliphatic carbocycles. The molecule has 0 spiro atoms. The molecule has 0 heterocycles. The van der Waals surface area contributed by atoms with Crippen molar-refractivity contribution >= 4 is 35.1 Å². The zero-order chi connectivity index (χ0) is 16.0. The Labute approximate surface area is 134 Å². The van der Waals surface area contributed by atoms with E-state index in [-0.39, 0.29) is 24.2 Å². The largest absolute Gasteiger partial charge is 0.481 e. The van der Waals surface area contributed by atoms with Crippen LogP contribution in [0.5, 0.6) is 0 Å². The highest BCUT2D eigenvalue weighted by molar-refractivity contribution is 6.35. The molecule has 6 heteroatoms. The number of nitrogens with one attached hydrogen (secondary N) is 1. The number of halogens is 2. The van der Waals surface area contributed by atoms with Crippen LogP contribution in [0.2, 0.25) is 10.0 Å². The molecule has 1 amide bonds. The van der Waals surface area contributed by atoms with Gasteiger partial charge >= 0.3 is 5.97 Å². The van der Waals surface area contributed by atoms with E-state index in [1.165, 1.54) is 0 Å². The van der Waals surface area contributed by atoms with Gasteiger partial charge in [0.05, 0.1) is 0 Å². The summed E-state index contributed by atoms with van der Waals surface area (Å²) in [6.07, 6.45) is 0.548. The van der Waals surface area contributed by atoms with Gasteiger partial charge < -0.3 is 10.4 Å². The highest BCUT2D eigenvalue weighted by Gasteiger charge is 2.16. The van der Waals surface area contributed by atoms with Crippen molar-refractivity contribution in [3.8, 4) is 0 Å². The first-order valence-corrected chi connectivity index (χ1v) is 7.48. The predicted octanol–water partition coefficient (Wildman–Crippen LogP) is 3.40. The molecule has 2 atom stereocenters. The van der Waals surface area contributed by atoms with Crippen LogP contribution in [0.4, 0.5) is 0 Å². The number of carboxylic acids is 1. The van der Waals surface area contributed by atoms with Crippen LogP contribution in [-0.2, 0) is 16.0 Å². The fraction of sp³-hybridized carbons (Fsp3) is 0.467. The summed E-state index contributed by atoms with van der Waals surface area (Å²) in [5.41, 5.74) is 0.863. The van der Waals surface area contributed by atoms with Crippen molar-refractivity contribution in [3.05, 3.63) is 33.8 Å². The SMILES string of the molecule is CC(CNC(=O)C(C)Cc1ccc(Cl)cc1Cl)CC(=O)O. The van der Waals surface area contributed by atoms with Gasteiger partial charge in [-0.25, -0.2) is 0 Å². The van der Waals surface area contributed by atoms with E-state index in [0.717, 1.165) is 5.56 Å². The Hall–Kier alpha value is -1.26. The molecule has 1 aromatic carbocycles. The minimum absolute atomic E-state index is 0.0394. The molecule has 0 fully saturated rings. The second-order valence-corrected chi connectivity index (χ2v) is 6.13. The highest BCUT2D eigenvalue weighted by Crippen LogP contribution is 2.23. The number of amides is 1. The Bertz CT molecular complexity index is 520. The van der Waals surface area contributed by atoms with E-state index in [9.17, 15) is 9.59 Å². The third-order valence-electron chi connectivity index (χ3n) is 3.14. The summed E-state index contributed by atoms with van der Waals surface area (Å²) in [6, 6.07) is 5.20. The van der Waals surface area contributed by atoms with Crippen molar-refractivity contribution in [2.45, 2.75) is 26.7 Å². The van der Waals surface area contributed by atoms with Crippen molar-refractivity contribution in [1.29, 1.82) is 0 Å². The van der Waals surface area contributed by atoms with Gasteiger partial charge in [0, 0.05) is 28.9 Å². The predicted molar refractivity (Wildman–Crippen MR) is 83.8 cm³/mol. The molecule has 1 rings (SSSR count). The van der Waals surface area contributed by atoms with Crippen LogP contribution < -0.4 is 5.32 Å². The Morgan fingerprint density at radius 3 is 2.52 bits per heavy atom. The van der Waals surface area contributed by atoms with E-state index >= 15 is 0 Å². The van der Waals surface area contributed by atoms with Gasteiger partial charge in [0.2, 0.25) is 5.91 Å². The van der Waals surface area contributed by atoms with E-state index in [0.29, 0.717) is 23.0 Å². The molecule has 0 aromatic heterocycles. The topological polar surface area (TPSA) is 66.4 Å². The molecule has 0 bridgehead atoms. The summed E-state index contributed by atoms with van der Waals surface area (Å²) in [5.74, 6) is -1.32. The molecule has 2 unspecified atom stereocenters. The monoisotopic (exact) mass is 331 g/mol. The number of hydrogen-bond donors (Lipinski definition) is 2. The summed E-state index contributed by atoms with van der Waals surface area (Å²) in [4.78, 5) is 22.5. The number of carboxylic acid groups (broad SMARTS) is 1. The fourth-order valence-corrected chi connectivity index (χ4v) is 2.41. The van der Waals surface area contributed by atoms with Crippen molar-refractivity contribution < 1.29 is 14.7 Å². The molecule has 0 radical (unpaired) electrons. The zero-order valence-electron chi connectivity index (χ0n) is 12.0. The molecule has 21 heavy (non-hydrogen) atoms. The van der Waals surface area contributed by atoms with E-state index in [4.69, 9.17) is 28.3 Å². The quantitative estimate of drug-likeness (QED) is 0.804. The Morgan fingerprint density at radius 1 is 1.29 bits per heavy atom. The molecular weight excluding hydrogens is 313 g/mol. The van der Waals surface area contributed by atoms with Crippen molar-refractivity contribution in [1.82, 2.24) is 5.32 Å². The van der Waals surface area contributed by atoms with Crippen LogP contribution in [0.3, 0.4) is 0 Å². The number of benzene rings is 1. The van der Waals surface area contributed by atoms with E-state index < -0.39 is 5.97 Å². The van der Waals surface area contributed by atoms with Gasteiger partial charge in [-0.05, 0) is 30.0 Å². The highest BCUT2D eigenvalue weighted by atomic mass is 35.5. The van der Waals surface area contributed by atoms with Crippen LogP contribution in [0.25, 0.3) is 0 Å². The van der Waals surface area contributed by atoms with Crippen LogP contribution >= 0.6 is 23.2 Å². The minimum atomic E-state index is -0.863. The molecule has 0 saturated heterocycles. The minimum Gasteiger partial charge on any atom is -0.481 e. The van der Waals surface area contributed by atoms with Crippen molar-refractivity contribution in [2.75, 3.05) is 6.54 Å². The molecule has 2 N–H and O–H groups in total. The lowest BCUT2D eigenvalue weighted by Crippen LogP contribution is -2.34. The Morgan fingerprint density at radius 2 is 1.95 bits per heavy atom. The first-order chi connectivity index (χ1) is 9.79. The van der Waals surface area contributed by atoms with Gasteiger partial charge in [0.1, 0.15) is 0 Å². The lowest BCUT2D eigenvalue weighted by molar-refractivity contribution is -0.138. The van der Waals surface area contributed by atoms with Crippen molar-refractivity contribution in [3.63, 3.8) is 0 Å². The molecule has 4 nitrogen and oxygen atoms in total. The van der Waals surface area contributed by atoms with Crippen LogP contribution in [-0.4, -0.2) is 23.5 Å². The lowest BCUT2D eigenvalue weighted by Gasteiger charge is -2.15. The maximum atomic E-state index is 12.0. The average molecular weight is 332 g/mol. The van der Waals surface area contributed by atoms with Gasteiger partial charge in [-0.15, -0.1) is 0 Å². The maximum Gasteiger partial charge on any atom is 0.303 e. The normalized spacial score (nSPS) is 13.5. The standard InChI is InChI=1S/C15H19Cl2NO3/c1-9(5-14(19)20)8-18-15(21)10(2)6-11-3-4-12(16)7-13(11)17/h3-4,7,9-10H,5-6,8H2,1-2H3,(H,18,21)(H,19,20). The molecule has 0 aliphatic heterocycles. The fourth-order valence-electron chi connectivity index (χ4n) is 1.93. The van der Waals surface area contributed by atoms with Crippen LogP contribution in [0.1, 0.15) is 25.8 Å². The first kappa shape index (κ1) is 17.8. The zero-order valence-corrected chi connectivity index (χ0v) is 13.5. The molecule has 1 aromatic rings. The summed E-state index contributed by atoms with van der Waals surface area (Å²) in [7, 11) is 0. The van der Waals surface area contributed by atoms with Gasteiger partial charge in [-0.3, -0.25) is 9.59 Å². The number of hydrogen-bond acceptors (Lipinski definition) is 2. The molecule has 0 saturated carbocycles. The van der Waals surface area contributed by atoms with Crippen LogP contribution in [0.15, 0.2) is 18.2 Å². The molecule has 0 aliphatic rings. The van der Waals surface area contributed by atoms with Gasteiger partial charge in [-0.1, -0.05) is 43.1 Å². The van der Waals surface area contributed by atoms with Crippen molar-refractivity contribution in [2.24, 2.45) is 11.8 Å². The van der Waals surface area contributed by atoms with E-state index in [1.807, 2.05) is 13.0 Å². The Kier molecular flexibility index (Phi) is 6.99. The second kappa shape index (κ2) is 8.25. The second-order valence-electron chi connectivity index (χ2n) is 5.29. The maximum absolute atomic E-state index is 12.0. The third kappa shape index (κ3) is 6.36. The number of carbonyl (C=O) groups excluding carboxylic acids is 1. The van der Waals surface area contributed by atoms with E-state index in [1.54, 1.807) is 19.1 Å². The van der Waals surface area contributed by atoms with Gasteiger partial charge in [-0.2, -0.15) is 0 Å². The van der Waals surface area contributed by atoms with E-state index in [2.05, 4.69) is 5.32 Å². The van der Waals surface area contributed by atoms with Gasteiger partial charge in [0.25, 0.3) is 0 Å². The molecule has 116 valence electrons.